The minimum atomic E-state index is -0.550. The van der Waals surface area contributed by atoms with E-state index in [-0.39, 0.29) is 11.3 Å². The number of hydrogen-bond acceptors (Lipinski definition) is 4. The summed E-state index contributed by atoms with van der Waals surface area (Å²) >= 11 is 5.90. The van der Waals surface area contributed by atoms with Crippen molar-refractivity contribution in [2.24, 2.45) is 0 Å². The first-order valence-corrected chi connectivity index (χ1v) is 5.44. The maximum absolute atomic E-state index is 11.7. The number of carbonyl (C=O) groups is 2. The van der Waals surface area contributed by atoms with Crippen molar-refractivity contribution in [3.63, 3.8) is 0 Å². The van der Waals surface area contributed by atoms with E-state index in [1.165, 1.54) is 14.2 Å². The van der Waals surface area contributed by atoms with E-state index in [0.717, 1.165) is 0 Å². The molecule has 5 nitrogen and oxygen atoms in total. The Balaban J connectivity index is 2.57. The lowest BCUT2D eigenvalue weighted by molar-refractivity contribution is -0.124. The molecule has 1 aromatic rings. The summed E-state index contributed by atoms with van der Waals surface area (Å²) in [4.78, 5) is 23.1. The van der Waals surface area contributed by atoms with E-state index < -0.39 is 11.8 Å². The molecule has 1 heterocycles. The van der Waals surface area contributed by atoms with Crippen LogP contribution in [0.1, 0.15) is 5.56 Å². The van der Waals surface area contributed by atoms with Crippen molar-refractivity contribution in [3.05, 3.63) is 34.5 Å². The van der Waals surface area contributed by atoms with Gasteiger partial charge in [-0.05, 0) is 17.7 Å². The number of amides is 2. The number of methoxy groups -OCH3 is 2. The highest BCUT2D eigenvalue weighted by Crippen LogP contribution is 2.31. The molecule has 1 N–H and O–H groups in total. The van der Waals surface area contributed by atoms with Crippen LogP contribution in [0, 0.1) is 0 Å². The molecule has 0 saturated heterocycles. The van der Waals surface area contributed by atoms with E-state index in [2.05, 4.69) is 5.32 Å². The van der Waals surface area contributed by atoms with Gasteiger partial charge in [0.1, 0.15) is 5.75 Å². The number of nitrogens with one attached hydrogen (secondary N) is 1. The molecule has 0 radical (unpaired) electrons. The summed E-state index contributed by atoms with van der Waals surface area (Å²) < 4.78 is 10.0. The standard InChI is InChI=1S/C12H10ClNO4/c1-17-8-5-6(3-4-7(8)13)9-10(18-2)12(16)14-11(9)15/h3-5H,1-2H3,(H,14,15,16). The molecule has 1 aromatic carbocycles. The third-order valence-electron chi connectivity index (χ3n) is 2.53. The molecule has 2 rings (SSSR count). The van der Waals surface area contributed by atoms with Crippen molar-refractivity contribution in [1.82, 2.24) is 5.32 Å². The Morgan fingerprint density at radius 1 is 1.11 bits per heavy atom. The predicted molar refractivity (Wildman–Crippen MR) is 65.1 cm³/mol. The lowest BCUT2D eigenvalue weighted by Crippen LogP contribution is -2.23. The largest absolute Gasteiger partial charge is 0.495 e. The van der Waals surface area contributed by atoms with Crippen molar-refractivity contribution >= 4 is 29.0 Å². The summed E-state index contributed by atoms with van der Waals surface area (Å²) in [5, 5.41) is 2.59. The summed E-state index contributed by atoms with van der Waals surface area (Å²) in [5.41, 5.74) is 0.689. The lowest BCUT2D eigenvalue weighted by atomic mass is 10.1. The van der Waals surface area contributed by atoms with Crippen LogP contribution in [0.2, 0.25) is 5.02 Å². The Bertz CT molecular complexity index is 565. The van der Waals surface area contributed by atoms with Crippen LogP contribution in [-0.4, -0.2) is 26.0 Å². The second-order valence-corrected chi connectivity index (χ2v) is 3.95. The first-order chi connectivity index (χ1) is 8.58. The number of imide groups is 1. The smallest absolute Gasteiger partial charge is 0.294 e. The molecular formula is C12H10ClNO4. The molecule has 2 amide bonds. The van der Waals surface area contributed by atoms with Gasteiger partial charge in [-0.2, -0.15) is 0 Å². The number of carbonyl (C=O) groups excluding carboxylic acids is 2. The van der Waals surface area contributed by atoms with E-state index in [9.17, 15) is 9.59 Å². The van der Waals surface area contributed by atoms with Gasteiger partial charge in [-0.1, -0.05) is 17.7 Å². The molecular weight excluding hydrogens is 258 g/mol. The topological polar surface area (TPSA) is 64.6 Å². The number of benzene rings is 1. The minimum absolute atomic E-state index is 0.00984. The quantitative estimate of drug-likeness (QED) is 0.840. The molecule has 0 unspecified atom stereocenters. The highest BCUT2D eigenvalue weighted by molar-refractivity contribution is 6.36. The van der Waals surface area contributed by atoms with Crippen molar-refractivity contribution in [2.75, 3.05) is 14.2 Å². The molecule has 0 bridgehead atoms. The van der Waals surface area contributed by atoms with Crippen molar-refractivity contribution < 1.29 is 19.1 Å². The molecule has 0 atom stereocenters. The summed E-state index contributed by atoms with van der Waals surface area (Å²) in [6.07, 6.45) is 0. The van der Waals surface area contributed by atoms with E-state index in [1.54, 1.807) is 18.2 Å². The van der Waals surface area contributed by atoms with E-state index in [4.69, 9.17) is 21.1 Å². The zero-order valence-corrected chi connectivity index (χ0v) is 10.5. The molecule has 0 spiro atoms. The molecule has 1 aliphatic rings. The SMILES string of the molecule is COC1=C(c2ccc(Cl)c(OC)c2)C(=O)NC1=O. The van der Waals surface area contributed by atoms with Gasteiger partial charge in [0.15, 0.2) is 5.76 Å². The maximum Gasteiger partial charge on any atom is 0.294 e. The molecule has 0 aromatic heterocycles. The second kappa shape index (κ2) is 4.70. The number of ether oxygens (including phenoxy) is 2. The third-order valence-corrected chi connectivity index (χ3v) is 2.84. The average Bonchev–Trinajstić information content (AvgIpc) is 2.64. The van der Waals surface area contributed by atoms with Crippen LogP contribution in [0.3, 0.4) is 0 Å². The third kappa shape index (κ3) is 1.93. The van der Waals surface area contributed by atoms with Crippen LogP contribution in [0.5, 0.6) is 5.75 Å². The molecule has 18 heavy (non-hydrogen) atoms. The molecule has 6 heteroatoms. The Labute approximate surface area is 108 Å². The summed E-state index contributed by atoms with van der Waals surface area (Å²) in [6, 6.07) is 4.79. The van der Waals surface area contributed by atoms with Gasteiger partial charge in [0.25, 0.3) is 11.8 Å². The fraction of sp³-hybridized carbons (Fsp3) is 0.167. The predicted octanol–water partition coefficient (Wildman–Crippen LogP) is 1.36. The zero-order valence-electron chi connectivity index (χ0n) is 9.74. The number of hydrogen-bond donors (Lipinski definition) is 1. The minimum Gasteiger partial charge on any atom is -0.495 e. The van der Waals surface area contributed by atoms with Gasteiger partial charge in [0.05, 0.1) is 24.8 Å². The molecule has 0 aliphatic carbocycles. The van der Waals surface area contributed by atoms with Gasteiger partial charge in [0, 0.05) is 0 Å². The normalized spacial score (nSPS) is 14.8. The monoisotopic (exact) mass is 267 g/mol. The van der Waals surface area contributed by atoms with Crippen LogP contribution in [0.25, 0.3) is 5.57 Å². The molecule has 1 aliphatic heterocycles. The van der Waals surface area contributed by atoms with Crippen LogP contribution >= 0.6 is 11.6 Å². The number of halogens is 1. The van der Waals surface area contributed by atoms with Crippen molar-refractivity contribution in [1.29, 1.82) is 0 Å². The zero-order chi connectivity index (χ0) is 13.3. The highest BCUT2D eigenvalue weighted by atomic mass is 35.5. The Hall–Kier alpha value is -2.01. The highest BCUT2D eigenvalue weighted by Gasteiger charge is 2.32. The molecule has 0 saturated carbocycles. The van der Waals surface area contributed by atoms with Gasteiger partial charge in [0.2, 0.25) is 0 Å². The molecule has 0 fully saturated rings. The van der Waals surface area contributed by atoms with E-state index in [0.29, 0.717) is 16.3 Å². The van der Waals surface area contributed by atoms with Crippen LogP contribution in [0.15, 0.2) is 24.0 Å². The fourth-order valence-electron chi connectivity index (χ4n) is 1.71. The van der Waals surface area contributed by atoms with Crippen LogP contribution in [-0.2, 0) is 14.3 Å². The van der Waals surface area contributed by atoms with Gasteiger partial charge < -0.3 is 9.47 Å². The van der Waals surface area contributed by atoms with Gasteiger partial charge >= 0.3 is 0 Å². The van der Waals surface area contributed by atoms with Crippen molar-refractivity contribution in [2.45, 2.75) is 0 Å². The van der Waals surface area contributed by atoms with Crippen LogP contribution < -0.4 is 10.1 Å². The Morgan fingerprint density at radius 3 is 2.44 bits per heavy atom. The van der Waals surface area contributed by atoms with E-state index >= 15 is 0 Å². The van der Waals surface area contributed by atoms with Gasteiger partial charge in [-0.15, -0.1) is 0 Å². The fourth-order valence-corrected chi connectivity index (χ4v) is 1.91. The van der Waals surface area contributed by atoms with Gasteiger partial charge in [-0.3, -0.25) is 14.9 Å². The Kier molecular flexibility index (Phi) is 3.25. The van der Waals surface area contributed by atoms with Gasteiger partial charge in [-0.25, -0.2) is 0 Å². The first kappa shape index (κ1) is 12.4. The van der Waals surface area contributed by atoms with Crippen molar-refractivity contribution in [3.8, 4) is 5.75 Å². The Morgan fingerprint density at radius 2 is 1.83 bits per heavy atom. The summed E-state index contributed by atoms with van der Waals surface area (Å²) in [7, 11) is 2.80. The molecule has 94 valence electrons. The lowest BCUT2D eigenvalue weighted by Gasteiger charge is -2.07. The average molecular weight is 268 g/mol. The van der Waals surface area contributed by atoms with E-state index in [1.807, 2.05) is 0 Å². The van der Waals surface area contributed by atoms with Crippen LogP contribution in [0.4, 0.5) is 0 Å². The first-order valence-electron chi connectivity index (χ1n) is 5.06. The number of rotatable bonds is 3. The summed E-state index contributed by atoms with van der Waals surface area (Å²) in [6.45, 7) is 0. The summed E-state index contributed by atoms with van der Waals surface area (Å²) in [5.74, 6) is -0.638. The maximum atomic E-state index is 11.7. The second-order valence-electron chi connectivity index (χ2n) is 3.54.